The maximum absolute atomic E-state index is 12.3. The van der Waals surface area contributed by atoms with Crippen LogP contribution in [0.4, 0.5) is 18.9 Å². The molecular weight excluding hydrogens is 261 g/mol. The smallest absolute Gasteiger partial charge is 0.416 e. The number of hydrogen-bond acceptors (Lipinski definition) is 2. The number of aromatic nitrogens is 1. The Bertz CT molecular complexity index is 576. The number of carboxylic acid groups (broad SMARTS) is 1. The summed E-state index contributed by atoms with van der Waals surface area (Å²) in [5, 5.41) is 8.12. The number of carbonyl (C=O) groups is 1. The molecule has 19 heavy (non-hydrogen) atoms. The maximum Gasteiger partial charge on any atom is 0.416 e. The first kappa shape index (κ1) is 14.9. The SMILES string of the molecule is CCC(=O)O.Nc1c[nH]c2ccc(C(F)(F)F)cc12. The lowest BCUT2D eigenvalue weighted by Gasteiger charge is -2.05. The van der Waals surface area contributed by atoms with Crippen LogP contribution in [-0.2, 0) is 11.0 Å². The number of halogens is 3. The Morgan fingerprint density at radius 3 is 2.47 bits per heavy atom. The lowest BCUT2D eigenvalue weighted by atomic mass is 10.1. The number of fused-ring (bicyclic) bond motifs is 1. The summed E-state index contributed by atoms with van der Waals surface area (Å²) in [5.41, 5.74) is 5.74. The number of aromatic amines is 1. The van der Waals surface area contributed by atoms with Crippen LogP contribution in [0.25, 0.3) is 10.9 Å². The highest BCUT2D eigenvalue weighted by atomic mass is 19.4. The quantitative estimate of drug-likeness (QED) is 0.746. The third-order valence-electron chi connectivity index (χ3n) is 2.34. The van der Waals surface area contributed by atoms with Crippen LogP contribution in [0, 0.1) is 0 Å². The van der Waals surface area contributed by atoms with E-state index in [4.69, 9.17) is 10.8 Å². The molecule has 104 valence electrons. The molecule has 0 atom stereocenters. The topological polar surface area (TPSA) is 79.1 Å². The molecule has 1 aromatic carbocycles. The van der Waals surface area contributed by atoms with Crippen molar-refractivity contribution in [3.8, 4) is 0 Å². The zero-order valence-corrected chi connectivity index (χ0v) is 10.1. The molecule has 0 amide bonds. The molecule has 1 heterocycles. The molecular formula is C12H13F3N2O2. The maximum atomic E-state index is 12.3. The zero-order chi connectivity index (χ0) is 14.6. The molecule has 4 N–H and O–H groups in total. The zero-order valence-electron chi connectivity index (χ0n) is 10.1. The number of carboxylic acids is 1. The summed E-state index contributed by atoms with van der Waals surface area (Å²) >= 11 is 0. The molecule has 0 aliphatic heterocycles. The number of anilines is 1. The van der Waals surface area contributed by atoms with E-state index < -0.39 is 17.7 Å². The Balaban J connectivity index is 0.000000312. The summed E-state index contributed by atoms with van der Waals surface area (Å²) < 4.78 is 36.9. The second-order valence-electron chi connectivity index (χ2n) is 3.75. The van der Waals surface area contributed by atoms with Crippen LogP contribution in [0.5, 0.6) is 0 Å². The van der Waals surface area contributed by atoms with Gasteiger partial charge in [-0.2, -0.15) is 13.2 Å². The van der Waals surface area contributed by atoms with Crippen molar-refractivity contribution >= 4 is 22.6 Å². The van der Waals surface area contributed by atoms with Gasteiger partial charge in [-0.25, -0.2) is 0 Å². The molecule has 2 rings (SSSR count). The molecule has 0 aliphatic rings. The Morgan fingerprint density at radius 2 is 2.00 bits per heavy atom. The number of nitrogen functional groups attached to an aromatic ring is 1. The summed E-state index contributed by atoms with van der Waals surface area (Å²) in [4.78, 5) is 12.1. The van der Waals surface area contributed by atoms with Crippen molar-refractivity contribution in [2.75, 3.05) is 5.73 Å². The van der Waals surface area contributed by atoms with Crippen molar-refractivity contribution in [2.45, 2.75) is 19.5 Å². The van der Waals surface area contributed by atoms with Crippen LogP contribution in [0.15, 0.2) is 24.4 Å². The number of alkyl halides is 3. The molecule has 0 radical (unpaired) electrons. The highest BCUT2D eigenvalue weighted by Crippen LogP contribution is 2.32. The van der Waals surface area contributed by atoms with Gasteiger partial charge in [0.25, 0.3) is 0 Å². The fourth-order valence-corrected chi connectivity index (χ4v) is 1.32. The first-order valence-electron chi connectivity index (χ1n) is 5.41. The van der Waals surface area contributed by atoms with Gasteiger partial charge in [0.2, 0.25) is 0 Å². The largest absolute Gasteiger partial charge is 0.481 e. The van der Waals surface area contributed by atoms with E-state index >= 15 is 0 Å². The van der Waals surface area contributed by atoms with Crippen LogP contribution in [0.3, 0.4) is 0 Å². The van der Waals surface area contributed by atoms with Crippen molar-refractivity contribution in [1.82, 2.24) is 4.98 Å². The average molecular weight is 274 g/mol. The molecule has 0 unspecified atom stereocenters. The third-order valence-corrected chi connectivity index (χ3v) is 2.34. The second-order valence-corrected chi connectivity index (χ2v) is 3.75. The van der Waals surface area contributed by atoms with E-state index in [1.807, 2.05) is 0 Å². The van der Waals surface area contributed by atoms with Crippen LogP contribution in [-0.4, -0.2) is 16.1 Å². The lowest BCUT2D eigenvalue weighted by molar-refractivity contribution is -0.138. The average Bonchev–Trinajstić information content (AvgIpc) is 2.70. The van der Waals surface area contributed by atoms with E-state index in [0.29, 0.717) is 16.6 Å². The van der Waals surface area contributed by atoms with Crippen molar-refractivity contribution in [3.63, 3.8) is 0 Å². The summed E-state index contributed by atoms with van der Waals surface area (Å²) in [6.07, 6.45) is -2.62. The van der Waals surface area contributed by atoms with Gasteiger partial charge in [0.15, 0.2) is 0 Å². The molecule has 7 heteroatoms. The number of hydrogen-bond donors (Lipinski definition) is 3. The first-order chi connectivity index (χ1) is 8.75. The van der Waals surface area contributed by atoms with Gasteiger partial charge < -0.3 is 15.8 Å². The van der Waals surface area contributed by atoms with E-state index in [1.54, 1.807) is 6.92 Å². The minimum atomic E-state index is -4.32. The van der Waals surface area contributed by atoms with Crippen molar-refractivity contribution < 1.29 is 23.1 Å². The first-order valence-corrected chi connectivity index (χ1v) is 5.41. The van der Waals surface area contributed by atoms with Crippen molar-refractivity contribution in [1.29, 1.82) is 0 Å². The summed E-state index contributed by atoms with van der Waals surface area (Å²) in [7, 11) is 0. The lowest BCUT2D eigenvalue weighted by Crippen LogP contribution is -2.04. The molecule has 0 saturated heterocycles. The van der Waals surface area contributed by atoms with Gasteiger partial charge in [-0.1, -0.05) is 6.92 Å². The molecule has 2 aromatic rings. The summed E-state index contributed by atoms with van der Waals surface area (Å²) in [6.45, 7) is 1.60. The van der Waals surface area contributed by atoms with Crippen LogP contribution >= 0.6 is 0 Å². The molecule has 0 spiro atoms. The van der Waals surface area contributed by atoms with Gasteiger partial charge in [0, 0.05) is 23.5 Å². The molecule has 4 nitrogen and oxygen atoms in total. The van der Waals surface area contributed by atoms with Gasteiger partial charge in [-0.3, -0.25) is 4.79 Å². The standard InChI is InChI=1S/C9H7F3N2.C3H6O2/c10-9(11,12)5-1-2-8-6(3-5)7(13)4-14-8;1-2-3(4)5/h1-4,14H,13H2;2H2,1H3,(H,4,5). The van der Waals surface area contributed by atoms with Crippen LogP contribution in [0.1, 0.15) is 18.9 Å². The van der Waals surface area contributed by atoms with Crippen molar-refractivity contribution in [2.24, 2.45) is 0 Å². The van der Waals surface area contributed by atoms with Gasteiger partial charge in [-0.15, -0.1) is 0 Å². The van der Waals surface area contributed by atoms with Crippen LogP contribution < -0.4 is 5.73 Å². The van der Waals surface area contributed by atoms with Gasteiger partial charge in [-0.05, 0) is 18.2 Å². The minimum absolute atomic E-state index is 0.222. The predicted molar refractivity (Wildman–Crippen MR) is 65.6 cm³/mol. The summed E-state index contributed by atoms with van der Waals surface area (Å²) in [6, 6.07) is 3.44. The number of rotatable bonds is 1. The van der Waals surface area contributed by atoms with E-state index in [-0.39, 0.29) is 6.42 Å². The highest BCUT2D eigenvalue weighted by Gasteiger charge is 2.30. The molecule has 1 aromatic heterocycles. The highest BCUT2D eigenvalue weighted by molar-refractivity contribution is 5.91. The van der Waals surface area contributed by atoms with E-state index in [1.165, 1.54) is 12.3 Å². The van der Waals surface area contributed by atoms with Crippen LogP contribution in [0.2, 0.25) is 0 Å². The predicted octanol–water partition coefficient (Wildman–Crippen LogP) is 3.25. The van der Waals surface area contributed by atoms with Gasteiger partial charge >= 0.3 is 12.1 Å². The Morgan fingerprint density at radius 1 is 1.42 bits per heavy atom. The fourth-order valence-electron chi connectivity index (χ4n) is 1.32. The second kappa shape index (κ2) is 5.64. The summed E-state index contributed by atoms with van der Waals surface area (Å²) in [5.74, 6) is -0.745. The molecule has 0 bridgehead atoms. The molecule has 0 fully saturated rings. The number of H-pyrrole nitrogens is 1. The monoisotopic (exact) mass is 274 g/mol. The van der Waals surface area contributed by atoms with E-state index in [0.717, 1.165) is 12.1 Å². The number of aliphatic carboxylic acids is 1. The number of nitrogens with two attached hydrogens (primary N) is 1. The Labute approximate surface area is 107 Å². The molecule has 0 saturated carbocycles. The Hall–Kier alpha value is -2.18. The third kappa shape index (κ3) is 3.90. The minimum Gasteiger partial charge on any atom is -0.481 e. The number of benzene rings is 1. The van der Waals surface area contributed by atoms with E-state index in [9.17, 15) is 18.0 Å². The van der Waals surface area contributed by atoms with Gasteiger partial charge in [0.1, 0.15) is 0 Å². The Kier molecular flexibility index (Phi) is 4.42. The molecule has 0 aliphatic carbocycles. The van der Waals surface area contributed by atoms with Gasteiger partial charge in [0.05, 0.1) is 11.3 Å². The van der Waals surface area contributed by atoms with E-state index in [2.05, 4.69) is 4.98 Å². The fraction of sp³-hybridized carbons (Fsp3) is 0.250. The number of nitrogens with one attached hydrogen (secondary N) is 1. The van der Waals surface area contributed by atoms with Crippen molar-refractivity contribution in [3.05, 3.63) is 30.0 Å². The normalized spacial score (nSPS) is 10.9.